The van der Waals surface area contributed by atoms with Gasteiger partial charge in [-0.25, -0.2) is 14.3 Å². The van der Waals surface area contributed by atoms with Gasteiger partial charge in [0.2, 0.25) is 17.7 Å². The van der Waals surface area contributed by atoms with Crippen LogP contribution in [-0.4, -0.2) is 59.9 Å². The van der Waals surface area contributed by atoms with Gasteiger partial charge in [0.05, 0.1) is 26.0 Å². The molecule has 0 aliphatic heterocycles. The van der Waals surface area contributed by atoms with Gasteiger partial charge < -0.3 is 14.6 Å². The molecule has 2 rings (SSSR count). The first kappa shape index (κ1) is 18.9. The number of sulfonamides is 1. The summed E-state index contributed by atoms with van der Waals surface area (Å²) in [5.41, 5.74) is -0.635. The second-order valence-electron chi connectivity index (χ2n) is 4.65. The number of anilines is 1. The summed E-state index contributed by atoms with van der Waals surface area (Å²) in [6.45, 7) is 1.30. The van der Waals surface area contributed by atoms with Crippen molar-refractivity contribution in [3.8, 4) is 11.8 Å². The number of hydrogen-bond acceptors (Lipinski definition) is 9. The van der Waals surface area contributed by atoms with Crippen LogP contribution in [-0.2, 0) is 10.0 Å². The lowest BCUT2D eigenvalue weighted by molar-refractivity contribution is 0.0691. The Morgan fingerprint density at radius 3 is 2.27 bits per heavy atom. The quantitative estimate of drug-likeness (QED) is 0.515. The Morgan fingerprint density at radius 1 is 1.19 bits per heavy atom. The van der Waals surface area contributed by atoms with Crippen LogP contribution in [0.25, 0.3) is 0 Å². The number of aryl methyl sites for hydroxylation is 1. The summed E-state index contributed by atoms with van der Waals surface area (Å²) in [6.07, 6.45) is 0. The molecule has 0 saturated heterocycles. The van der Waals surface area contributed by atoms with Crippen LogP contribution in [0.1, 0.15) is 16.1 Å². The fraction of sp³-hybridized carbons (Fsp3) is 0.250. The number of aromatic nitrogens is 4. The summed E-state index contributed by atoms with van der Waals surface area (Å²) >= 11 is 0. The van der Waals surface area contributed by atoms with E-state index in [0.29, 0.717) is 0 Å². The minimum absolute atomic E-state index is 0.0563. The van der Waals surface area contributed by atoms with Crippen molar-refractivity contribution in [1.29, 1.82) is 0 Å². The highest BCUT2D eigenvalue weighted by Crippen LogP contribution is 2.18. The van der Waals surface area contributed by atoms with E-state index < -0.39 is 32.6 Å². The summed E-state index contributed by atoms with van der Waals surface area (Å²) in [5, 5.41) is 16.0. The summed E-state index contributed by atoms with van der Waals surface area (Å²) in [6, 6.07) is 0.107. The van der Waals surface area contributed by atoms with Crippen LogP contribution in [0.2, 0.25) is 0 Å². The molecule has 4 N–H and O–H groups in total. The molecule has 140 valence electrons. The number of carboxylic acids is 1. The lowest BCUT2D eigenvalue weighted by Crippen LogP contribution is -2.35. The topological polar surface area (TPSA) is 185 Å². The predicted molar refractivity (Wildman–Crippen MR) is 84.8 cm³/mol. The maximum absolute atomic E-state index is 12.2. The molecule has 0 bridgehead atoms. The highest BCUT2D eigenvalue weighted by molar-refractivity contribution is 7.90. The number of carbonyl (C=O) groups excluding carboxylic acids is 1. The molecule has 2 heterocycles. The standard InChI is InChI=1S/C12H14N6O7S/c1-5-8(10(19)20)9(17-16-5)26(22,23)18-12(21)15-11-13-6(24-2)4-7(14-11)25-3/h4H,1-3H3,(H,16,17)(H,19,20)(H2,13,14,15,18,21). The molecule has 0 saturated carbocycles. The molecular formula is C12H14N6O7S. The number of amides is 2. The van der Waals surface area contributed by atoms with Gasteiger partial charge in [-0.3, -0.25) is 10.4 Å². The van der Waals surface area contributed by atoms with E-state index in [2.05, 4.69) is 25.5 Å². The molecule has 0 atom stereocenters. The van der Waals surface area contributed by atoms with E-state index in [9.17, 15) is 18.0 Å². The average Bonchev–Trinajstić information content (AvgIpc) is 2.96. The van der Waals surface area contributed by atoms with Crippen LogP contribution in [0.15, 0.2) is 11.1 Å². The lowest BCUT2D eigenvalue weighted by Gasteiger charge is -2.09. The summed E-state index contributed by atoms with van der Waals surface area (Å²) < 4.78 is 35.9. The predicted octanol–water partition coefficient (Wildman–Crippen LogP) is -0.266. The first-order chi connectivity index (χ1) is 12.2. The fourth-order valence-corrected chi connectivity index (χ4v) is 2.89. The molecule has 2 aromatic heterocycles. The molecule has 0 unspecified atom stereocenters. The molecule has 2 aromatic rings. The Kier molecular flexibility index (Phi) is 5.25. The third-order valence-electron chi connectivity index (χ3n) is 2.95. The molecule has 0 fully saturated rings. The molecule has 0 aromatic carbocycles. The van der Waals surface area contributed by atoms with Crippen molar-refractivity contribution in [1.82, 2.24) is 24.9 Å². The number of aromatic carboxylic acids is 1. The fourth-order valence-electron chi connectivity index (χ4n) is 1.83. The van der Waals surface area contributed by atoms with Crippen molar-refractivity contribution < 1.29 is 32.6 Å². The van der Waals surface area contributed by atoms with Gasteiger partial charge in [-0.2, -0.15) is 23.5 Å². The number of hydrogen-bond donors (Lipinski definition) is 4. The minimum atomic E-state index is -4.54. The van der Waals surface area contributed by atoms with E-state index in [1.54, 1.807) is 4.72 Å². The van der Waals surface area contributed by atoms with Gasteiger partial charge in [0.15, 0.2) is 5.03 Å². The van der Waals surface area contributed by atoms with E-state index in [-0.39, 0.29) is 23.4 Å². The number of methoxy groups -OCH3 is 2. The molecule has 14 heteroatoms. The van der Waals surface area contributed by atoms with E-state index in [1.807, 2.05) is 0 Å². The van der Waals surface area contributed by atoms with E-state index in [1.165, 1.54) is 27.2 Å². The molecule has 2 amide bonds. The number of H-pyrrole nitrogens is 1. The third kappa shape index (κ3) is 3.97. The minimum Gasteiger partial charge on any atom is -0.481 e. The van der Waals surface area contributed by atoms with Crippen molar-refractivity contribution in [3.63, 3.8) is 0 Å². The average molecular weight is 386 g/mol. The third-order valence-corrected chi connectivity index (χ3v) is 4.23. The van der Waals surface area contributed by atoms with Gasteiger partial charge >= 0.3 is 12.0 Å². The Morgan fingerprint density at radius 2 is 1.77 bits per heavy atom. The van der Waals surface area contributed by atoms with E-state index in [0.717, 1.165) is 0 Å². The maximum Gasteiger partial charge on any atom is 0.340 e. The molecule has 13 nitrogen and oxygen atoms in total. The van der Waals surface area contributed by atoms with Gasteiger partial charge in [-0.15, -0.1) is 0 Å². The zero-order valence-corrected chi connectivity index (χ0v) is 14.5. The van der Waals surface area contributed by atoms with Crippen molar-refractivity contribution in [3.05, 3.63) is 17.3 Å². The van der Waals surface area contributed by atoms with Crippen LogP contribution in [0.3, 0.4) is 0 Å². The Balaban J connectivity index is 2.23. The van der Waals surface area contributed by atoms with E-state index in [4.69, 9.17) is 14.6 Å². The molecule has 0 radical (unpaired) electrons. The number of nitrogens with one attached hydrogen (secondary N) is 3. The maximum atomic E-state index is 12.2. The lowest BCUT2D eigenvalue weighted by atomic mass is 10.3. The molecule has 0 spiro atoms. The van der Waals surface area contributed by atoms with Crippen molar-refractivity contribution in [2.75, 3.05) is 19.5 Å². The van der Waals surface area contributed by atoms with Crippen LogP contribution >= 0.6 is 0 Å². The normalized spacial score (nSPS) is 10.9. The number of urea groups is 1. The first-order valence-corrected chi connectivity index (χ1v) is 8.25. The van der Waals surface area contributed by atoms with Crippen molar-refractivity contribution in [2.45, 2.75) is 11.9 Å². The summed E-state index contributed by atoms with van der Waals surface area (Å²) in [4.78, 5) is 30.7. The largest absolute Gasteiger partial charge is 0.481 e. The smallest absolute Gasteiger partial charge is 0.340 e. The van der Waals surface area contributed by atoms with Crippen molar-refractivity contribution in [2.24, 2.45) is 0 Å². The number of aromatic amines is 1. The Labute approximate surface area is 146 Å². The van der Waals surface area contributed by atoms with Crippen LogP contribution in [0, 0.1) is 6.92 Å². The van der Waals surface area contributed by atoms with Gasteiger partial charge in [0, 0.05) is 0 Å². The van der Waals surface area contributed by atoms with Crippen molar-refractivity contribution >= 4 is 28.0 Å². The SMILES string of the molecule is COc1cc(OC)nc(NC(=O)NS(=O)(=O)c2[nH]nc(C)c2C(=O)O)n1. The monoisotopic (exact) mass is 386 g/mol. The summed E-state index contributed by atoms with van der Waals surface area (Å²) in [5.74, 6) is -1.69. The Hall–Kier alpha value is -3.42. The van der Waals surface area contributed by atoms with Crippen LogP contribution in [0.4, 0.5) is 10.7 Å². The molecular weight excluding hydrogens is 372 g/mol. The zero-order valence-electron chi connectivity index (χ0n) is 13.7. The highest BCUT2D eigenvalue weighted by atomic mass is 32.2. The number of rotatable bonds is 6. The first-order valence-electron chi connectivity index (χ1n) is 6.77. The zero-order chi connectivity index (χ0) is 19.5. The van der Waals surface area contributed by atoms with Gasteiger partial charge in [0.1, 0.15) is 5.56 Å². The van der Waals surface area contributed by atoms with Crippen LogP contribution < -0.4 is 19.5 Å². The molecule has 0 aliphatic carbocycles. The van der Waals surface area contributed by atoms with Gasteiger partial charge in [-0.1, -0.05) is 0 Å². The van der Waals surface area contributed by atoms with Gasteiger partial charge in [-0.05, 0) is 6.92 Å². The number of nitrogens with zero attached hydrogens (tertiary/aromatic N) is 3. The van der Waals surface area contributed by atoms with Gasteiger partial charge in [0.25, 0.3) is 10.0 Å². The second-order valence-corrected chi connectivity index (χ2v) is 6.27. The molecule has 26 heavy (non-hydrogen) atoms. The number of carboxylic acid groups (broad SMARTS) is 1. The number of ether oxygens (including phenoxy) is 2. The summed E-state index contributed by atoms with van der Waals surface area (Å²) in [7, 11) is -1.90. The second kappa shape index (κ2) is 7.22. The van der Waals surface area contributed by atoms with E-state index >= 15 is 0 Å². The van der Waals surface area contributed by atoms with Crippen LogP contribution in [0.5, 0.6) is 11.8 Å². The number of carbonyl (C=O) groups is 2. The highest BCUT2D eigenvalue weighted by Gasteiger charge is 2.29. The Bertz CT molecular complexity index is 933. The molecule has 0 aliphatic rings.